The number of hydrogen-bond donors (Lipinski definition) is 0. The van der Waals surface area contributed by atoms with E-state index in [4.69, 9.17) is 4.74 Å². The maximum absolute atomic E-state index is 12.9. The molecular weight excluding hydrogens is 394 g/mol. The van der Waals surface area contributed by atoms with Crippen molar-refractivity contribution in [3.63, 3.8) is 0 Å². The van der Waals surface area contributed by atoms with Crippen molar-refractivity contribution in [2.24, 2.45) is 0 Å². The number of thioether (sulfide) groups is 1. The van der Waals surface area contributed by atoms with Gasteiger partial charge in [-0.25, -0.2) is 4.68 Å². The first-order chi connectivity index (χ1) is 13.6. The van der Waals surface area contributed by atoms with Crippen LogP contribution >= 0.6 is 23.1 Å². The SMILES string of the molecule is Cc1cc(C(=O)CSc2nnnn2Cc2cccs2)c(C)n1C[C@@H]1CCCO1. The van der Waals surface area contributed by atoms with E-state index in [1.165, 1.54) is 16.6 Å². The number of ketones is 1. The Labute approximate surface area is 172 Å². The van der Waals surface area contributed by atoms with E-state index in [-0.39, 0.29) is 11.9 Å². The molecule has 1 aliphatic rings. The quantitative estimate of drug-likeness (QED) is 0.413. The summed E-state index contributed by atoms with van der Waals surface area (Å²) in [7, 11) is 0. The predicted octanol–water partition coefficient (Wildman–Crippen LogP) is 3.36. The van der Waals surface area contributed by atoms with Crippen LogP contribution in [0.25, 0.3) is 0 Å². The third-order valence-electron chi connectivity index (χ3n) is 5.00. The average molecular weight is 418 g/mol. The van der Waals surface area contributed by atoms with Crippen molar-refractivity contribution >= 4 is 28.9 Å². The monoisotopic (exact) mass is 417 g/mol. The third-order valence-corrected chi connectivity index (χ3v) is 6.82. The van der Waals surface area contributed by atoms with Gasteiger partial charge in [0.25, 0.3) is 0 Å². The molecule has 0 saturated carbocycles. The third kappa shape index (κ3) is 4.21. The van der Waals surface area contributed by atoms with E-state index in [1.807, 2.05) is 31.4 Å². The van der Waals surface area contributed by atoms with Gasteiger partial charge in [0.1, 0.15) is 0 Å². The van der Waals surface area contributed by atoms with Gasteiger partial charge in [0.05, 0.1) is 18.4 Å². The lowest BCUT2D eigenvalue weighted by atomic mass is 10.2. The molecule has 3 aromatic heterocycles. The van der Waals surface area contributed by atoms with E-state index < -0.39 is 0 Å². The zero-order chi connectivity index (χ0) is 19.5. The number of nitrogens with zero attached hydrogens (tertiary/aromatic N) is 5. The average Bonchev–Trinajstić information content (AvgIpc) is 3.47. The highest BCUT2D eigenvalue weighted by atomic mass is 32.2. The van der Waals surface area contributed by atoms with Crippen molar-refractivity contribution in [1.82, 2.24) is 24.8 Å². The number of tetrazole rings is 1. The van der Waals surface area contributed by atoms with Gasteiger partial charge in [-0.3, -0.25) is 4.79 Å². The van der Waals surface area contributed by atoms with Gasteiger partial charge in [-0.1, -0.05) is 17.8 Å². The van der Waals surface area contributed by atoms with Crippen molar-refractivity contribution < 1.29 is 9.53 Å². The van der Waals surface area contributed by atoms with Crippen LogP contribution in [0.4, 0.5) is 0 Å². The fraction of sp³-hybridized carbons (Fsp3) is 0.474. The van der Waals surface area contributed by atoms with Crippen molar-refractivity contribution in [2.45, 2.75) is 51.0 Å². The molecule has 9 heteroatoms. The molecule has 1 atom stereocenters. The molecule has 7 nitrogen and oxygen atoms in total. The lowest BCUT2D eigenvalue weighted by molar-refractivity contribution is 0.0957. The Kier molecular flexibility index (Phi) is 5.93. The predicted molar refractivity (Wildman–Crippen MR) is 109 cm³/mol. The maximum Gasteiger partial charge on any atom is 0.210 e. The van der Waals surface area contributed by atoms with Gasteiger partial charge >= 0.3 is 0 Å². The second kappa shape index (κ2) is 8.59. The van der Waals surface area contributed by atoms with Crippen LogP contribution in [-0.4, -0.2) is 49.0 Å². The topological polar surface area (TPSA) is 74.8 Å². The molecule has 148 valence electrons. The van der Waals surface area contributed by atoms with Crippen LogP contribution in [0, 0.1) is 13.8 Å². The molecule has 0 unspecified atom stereocenters. The maximum atomic E-state index is 12.9. The summed E-state index contributed by atoms with van der Waals surface area (Å²) in [5, 5.41) is 14.6. The molecule has 0 spiro atoms. The number of aromatic nitrogens is 5. The van der Waals surface area contributed by atoms with Crippen molar-refractivity contribution in [3.8, 4) is 0 Å². The first-order valence-corrected chi connectivity index (χ1v) is 11.2. The Morgan fingerprint density at radius 1 is 1.43 bits per heavy atom. The number of carbonyl (C=O) groups excluding carboxylic acids is 1. The Morgan fingerprint density at radius 2 is 2.32 bits per heavy atom. The Morgan fingerprint density at radius 3 is 3.07 bits per heavy atom. The molecule has 28 heavy (non-hydrogen) atoms. The van der Waals surface area contributed by atoms with E-state index in [2.05, 4.69) is 26.2 Å². The van der Waals surface area contributed by atoms with Gasteiger partial charge in [0, 0.05) is 35.0 Å². The highest BCUT2D eigenvalue weighted by Crippen LogP contribution is 2.23. The van der Waals surface area contributed by atoms with E-state index in [1.54, 1.807) is 16.0 Å². The zero-order valence-corrected chi connectivity index (χ0v) is 17.6. The fourth-order valence-corrected chi connectivity index (χ4v) is 4.96. The molecule has 4 heterocycles. The molecule has 1 aliphatic heterocycles. The van der Waals surface area contributed by atoms with Crippen LogP contribution in [0.5, 0.6) is 0 Å². The first kappa shape index (κ1) is 19.4. The molecule has 1 fully saturated rings. The smallest absolute Gasteiger partial charge is 0.210 e. The summed E-state index contributed by atoms with van der Waals surface area (Å²) >= 11 is 3.05. The number of aryl methyl sites for hydroxylation is 1. The summed E-state index contributed by atoms with van der Waals surface area (Å²) in [4.78, 5) is 14.0. The molecule has 0 radical (unpaired) electrons. The van der Waals surface area contributed by atoms with Crippen LogP contribution in [0.1, 0.15) is 39.5 Å². The molecule has 0 bridgehead atoms. The van der Waals surface area contributed by atoms with Gasteiger partial charge in [0.2, 0.25) is 5.16 Å². The molecule has 0 aromatic carbocycles. The molecule has 0 aliphatic carbocycles. The van der Waals surface area contributed by atoms with Crippen LogP contribution < -0.4 is 0 Å². The lowest BCUT2D eigenvalue weighted by Crippen LogP contribution is -2.17. The summed E-state index contributed by atoms with van der Waals surface area (Å²) in [5.74, 6) is 0.414. The molecule has 3 aromatic rings. The van der Waals surface area contributed by atoms with Crippen molar-refractivity contribution in [3.05, 3.63) is 45.4 Å². The van der Waals surface area contributed by atoms with E-state index in [0.29, 0.717) is 17.5 Å². The number of carbonyl (C=O) groups is 1. The van der Waals surface area contributed by atoms with Crippen LogP contribution in [0.2, 0.25) is 0 Å². The standard InChI is InChI=1S/C19H23N5O2S2/c1-13-9-17(14(2)23(13)10-15-5-3-7-26-15)18(25)12-28-19-20-21-22-24(19)11-16-6-4-8-27-16/h4,6,8-9,15H,3,5,7,10-12H2,1-2H3/t15-/m0/s1. The summed E-state index contributed by atoms with van der Waals surface area (Å²) in [6.45, 7) is 6.34. The van der Waals surface area contributed by atoms with Gasteiger partial charge < -0.3 is 9.30 Å². The highest BCUT2D eigenvalue weighted by molar-refractivity contribution is 7.99. The second-order valence-corrected chi connectivity index (χ2v) is 8.92. The van der Waals surface area contributed by atoms with Crippen molar-refractivity contribution in [2.75, 3.05) is 12.4 Å². The minimum absolute atomic E-state index is 0.0994. The molecule has 1 saturated heterocycles. The van der Waals surface area contributed by atoms with E-state index in [0.717, 1.165) is 42.9 Å². The van der Waals surface area contributed by atoms with Gasteiger partial charge in [-0.15, -0.1) is 16.4 Å². The van der Waals surface area contributed by atoms with E-state index in [9.17, 15) is 4.79 Å². The summed E-state index contributed by atoms with van der Waals surface area (Å²) in [5.41, 5.74) is 2.89. The number of ether oxygens (including phenoxy) is 1. The van der Waals surface area contributed by atoms with E-state index >= 15 is 0 Å². The normalized spacial score (nSPS) is 16.7. The minimum Gasteiger partial charge on any atom is -0.376 e. The largest absolute Gasteiger partial charge is 0.376 e. The van der Waals surface area contributed by atoms with Gasteiger partial charge in [0.15, 0.2) is 5.78 Å². The number of Topliss-reactive ketones (excluding diaryl/α,β-unsaturated/α-hetero) is 1. The fourth-order valence-electron chi connectivity index (χ4n) is 3.51. The molecular formula is C19H23N5O2S2. The number of thiophene rings is 1. The first-order valence-electron chi connectivity index (χ1n) is 9.34. The molecule has 0 amide bonds. The Hall–Kier alpha value is -1.97. The van der Waals surface area contributed by atoms with Crippen molar-refractivity contribution in [1.29, 1.82) is 0 Å². The van der Waals surface area contributed by atoms with Gasteiger partial charge in [-0.05, 0) is 54.6 Å². The zero-order valence-electron chi connectivity index (χ0n) is 16.0. The summed E-state index contributed by atoms with van der Waals surface area (Å²) in [6, 6.07) is 6.05. The van der Waals surface area contributed by atoms with Crippen LogP contribution in [0.15, 0.2) is 28.7 Å². The Balaban J connectivity index is 1.41. The molecule has 0 N–H and O–H groups in total. The van der Waals surface area contributed by atoms with Crippen LogP contribution in [0.3, 0.4) is 0 Å². The lowest BCUT2D eigenvalue weighted by Gasteiger charge is -2.14. The summed E-state index contributed by atoms with van der Waals surface area (Å²) < 4.78 is 9.70. The minimum atomic E-state index is 0.0994. The second-order valence-electron chi connectivity index (χ2n) is 6.94. The van der Waals surface area contributed by atoms with Crippen LogP contribution in [-0.2, 0) is 17.8 Å². The summed E-state index contributed by atoms with van der Waals surface area (Å²) in [6.07, 6.45) is 2.46. The van der Waals surface area contributed by atoms with Gasteiger partial charge in [-0.2, -0.15) is 0 Å². The Bertz CT molecular complexity index is 942. The highest BCUT2D eigenvalue weighted by Gasteiger charge is 2.21. The number of rotatable bonds is 8. The molecule has 4 rings (SSSR count). The number of hydrogen-bond acceptors (Lipinski definition) is 7.